The SMILES string of the molecule is Clc1ccc(COCCN2CCNCC2)cc1. The first-order valence-corrected chi connectivity index (χ1v) is 6.48. The Kier molecular flexibility index (Phi) is 5.26. The fourth-order valence-electron chi connectivity index (χ4n) is 1.90. The molecule has 0 aromatic heterocycles. The molecule has 2 rings (SSSR count). The van der Waals surface area contributed by atoms with Gasteiger partial charge in [0.15, 0.2) is 0 Å². The Morgan fingerprint density at radius 2 is 1.88 bits per heavy atom. The monoisotopic (exact) mass is 254 g/mol. The quantitative estimate of drug-likeness (QED) is 0.811. The molecule has 3 nitrogen and oxygen atoms in total. The largest absolute Gasteiger partial charge is 0.375 e. The van der Waals surface area contributed by atoms with Gasteiger partial charge in [0, 0.05) is 37.7 Å². The van der Waals surface area contributed by atoms with Gasteiger partial charge in [0.1, 0.15) is 0 Å². The van der Waals surface area contributed by atoms with Crippen LogP contribution in [0, 0.1) is 0 Å². The van der Waals surface area contributed by atoms with Crippen LogP contribution in [0.4, 0.5) is 0 Å². The van der Waals surface area contributed by atoms with Gasteiger partial charge < -0.3 is 10.1 Å². The van der Waals surface area contributed by atoms with Gasteiger partial charge >= 0.3 is 0 Å². The average Bonchev–Trinajstić information content (AvgIpc) is 2.38. The summed E-state index contributed by atoms with van der Waals surface area (Å²) in [5.74, 6) is 0. The van der Waals surface area contributed by atoms with Crippen molar-refractivity contribution >= 4 is 11.6 Å². The van der Waals surface area contributed by atoms with Crippen LogP contribution in [0.1, 0.15) is 5.56 Å². The number of hydrogen-bond acceptors (Lipinski definition) is 3. The van der Waals surface area contributed by atoms with Crippen molar-refractivity contribution in [2.75, 3.05) is 39.3 Å². The Morgan fingerprint density at radius 3 is 2.59 bits per heavy atom. The van der Waals surface area contributed by atoms with E-state index < -0.39 is 0 Å². The average molecular weight is 255 g/mol. The summed E-state index contributed by atoms with van der Waals surface area (Å²) < 4.78 is 5.66. The van der Waals surface area contributed by atoms with E-state index >= 15 is 0 Å². The molecule has 0 aliphatic carbocycles. The Labute approximate surface area is 108 Å². The maximum Gasteiger partial charge on any atom is 0.0717 e. The molecule has 0 saturated carbocycles. The van der Waals surface area contributed by atoms with Gasteiger partial charge in [0.05, 0.1) is 13.2 Å². The highest BCUT2D eigenvalue weighted by Crippen LogP contribution is 2.10. The van der Waals surface area contributed by atoms with Crippen molar-refractivity contribution in [1.82, 2.24) is 10.2 Å². The lowest BCUT2D eigenvalue weighted by Gasteiger charge is -2.26. The van der Waals surface area contributed by atoms with Crippen LogP contribution in [0.2, 0.25) is 5.02 Å². The molecule has 1 N–H and O–H groups in total. The van der Waals surface area contributed by atoms with Crippen molar-refractivity contribution < 1.29 is 4.74 Å². The summed E-state index contributed by atoms with van der Waals surface area (Å²) in [6.45, 7) is 6.93. The molecule has 0 bridgehead atoms. The molecule has 0 atom stereocenters. The van der Waals surface area contributed by atoms with Gasteiger partial charge in [-0.2, -0.15) is 0 Å². The number of benzene rings is 1. The summed E-state index contributed by atoms with van der Waals surface area (Å²) in [5.41, 5.74) is 1.18. The third kappa shape index (κ3) is 4.64. The summed E-state index contributed by atoms with van der Waals surface area (Å²) in [6, 6.07) is 7.81. The molecular weight excluding hydrogens is 236 g/mol. The second-order valence-corrected chi connectivity index (χ2v) is 4.71. The van der Waals surface area contributed by atoms with E-state index in [4.69, 9.17) is 16.3 Å². The molecule has 1 aromatic rings. The molecule has 17 heavy (non-hydrogen) atoms. The molecule has 1 aromatic carbocycles. The zero-order valence-corrected chi connectivity index (χ0v) is 10.7. The molecule has 1 aliphatic rings. The zero-order chi connectivity index (χ0) is 11.9. The van der Waals surface area contributed by atoms with Crippen molar-refractivity contribution in [3.05, 3.63) is 34.9 Å². The molecule has 1 aliphatic heterocycles. The third-order valence-electron chi connectivity index (χ3n) is 2.94. The van der Waals surface area contributed by atoms with E-state index in [1.807, 2.05) is 24.3 Å². The molecule has 1 saturated heterocycles. The van der Waals surface area contributed by atoms with Crippen LogP contribution in [0.3, 0.4) is 0 Å². The Bertz CT molecular complexity index is 323. The third-order valence-corrected chi connectivity index (χ3v) is 3.20. The van der Waals surface area contributed by atoms with Crippen LogP contribution >= 0.6 is 11.6 Å². The topological polar surface area (TPSA) is 24.5 Å². The normalized spacial score (nSPS) is 17.2. The van der Waals surface area contributed by atoms with Crippen molar-refractivity contribution in [3.8, 4) is 0 Å². The first-order valence-electron chi connectivity index (χ1n) is 6.10. The minimum absolute atomic E-state index is 0.670. The molecule has 0 unspecified atom stereocenters. The lowest BCUT2D eigenvalue weighted by molar-refractivity contribution is 0.0886. The molecular formula is C13H19ClN2O. The van der Waals surface area contributed by atoms with Crippen LogP contribution in [0.5, 0.6) is 0 Å². The number of nitrogens with one attached hydrogen (secondary N) is 1. The Morgan fingerprint density at radius 1 is 1.18 bits per heavy atom. The molecule has 0 radical (unpaired) electrons. The maximum atomic E-state index is 5.82. The van der Waals surface area contributed by atoms with E-state index in [-0.39, 0.29) is 0 Å². The van der Waals surface area contributed by atoms with E-state index in [9.17, 15) is 0 Å². The highest BCUT2D eigenvalue weighted by molar-refractivity contribution is 6.30. The van der Waals surface area contributed by atoms with E-state index in [1.54, 1.807) is 0 Å². The highest BCUT2D eigenvalue weighted by atomic mass is 35.5. The number of halogens is 1. The van der Waals surface area contributed by atoms with Gasteiger partial charge in [0.25, 0.3) is 0 Å². The summed E-state index contributed by atoms with van der Waals surface area (Å²) in [7, 11) is 0. The van der Waals surface area contributed by atoms with Crippen molar-refractivity contribution in [2.45, 2.75) is 6.61 Å². The number of piperazine rings is 1. The standard InChI is InChI=1S/C13H19ClN2O/c14-13-3-1-12(2-4-13)11-17-10-9-16-7-5-15-6-8-16/h1-4,15H,5-11H2. The summed E-state index contributed by atoms with van der Waals surface area (Å²) >= 11 is 5.82. The van der Waals surface area contributed by atoms with Crippen molar-refractivity contribution in [1.29, 1.82) is 0 Å². The molecule has 0 spiro atoms. The van der Waals surface area contributed by atoms with Crippen LogP contribution in [-0.2, 0) is 11.3 Å². The number of hydrogen-bond donors (Lipinski definition) is 1. The van der Waals surface area contributed by atoms with E-state index in [0.717, 1.165) is 44.4 Å². The molecule has 94 valence electrons. The van der Waals surface area contributed by atoms with Gasteiger partial charge in [-0.1, -0.05) is 23.7 Å². The predicted octanol–water partition coefficient (Wildman–Crippen LogP) is 1.76. The highest BCUT2D eigenvalue weighted by Gasteiger charge is 2.08. The lowest BCUT2D eigenvalue weighted by atomic mass is 10.2. The summed E-state index contributed by atoms with van der Waals surface area (Å²) in [6.07, 6.45) is 0. The van der Waals surface area contributed by atoms with E-state index in [2.05, 4.69) is 10.2 Å². The number of rotatable bonds is 5. The molecule has 1 heterocycles. The number of nitrogens with zero attached hydrogens (tertiary/aromatic N) is 1. The first-order chi connectivity index (χ1) is 8.34. The maximum absolute atomic E-state index is 5.82. The minimum Gasteiger partial charge on any atom is -0.375 e. The van der Waals surface area contributed by atoms with Crippen LogP contribution in [-0.4, -0.2) is 44.2 Å². The van der Waals surface area contributed by atoms with Gasteiger partial charge in [-0.05, 0) is 17.7 Å². The second-order valence-electron chi connectivity index (χ2n) is 4.27. The Hall–Kier alpha value is -0.610. The van der Waals surface area contributed by atoms with E-state index in [0.29, 0.717) is 6.61 Å². The van der Waals surface area contributed by atoms with Gasteiger partial charge in [-0.15, -0.1) is 0 Å². The molecule has 1 fully saturated rings. The number of ether oxygens (including phenoxy) is 1. The van der Waals surface area contributed by atoms with E-state index in [1.165, 1.54) is 5.56 Å². The predicted molar refractivity (Wildman–Crippen MR) is 70.4 cm³/mol. The van der Waals surface area contributed by atoms with Gasteiger partial charge in [-0.3, -0.25) is 4.90 Å². The van der Waals surface area contributed by atoms with Gasteiger partial charge in [-0.25, -0.2) is 0 Å². The molecule has 4 heteroatoms. The van der Waals surface area contributed by atoms with Crippen molar-refractivity contribution in [2.24, 2.45) is 0 Å². The summed E-state index contributed by atoms with van der Waals surface area (Å²) in [4.78, 5) is 2.43. The minimum atomic E-state index is 0.670. The molecule has 0 amide bonds. The Balaban J connectivity index is 1.60. The first kappa shape index (κ1) is 12.8. The summed E-state index contributed by atoms with van der Waals surface area (Å²) in [5, 5.41) is 4.11. The van der Waals surface area contributed by atoms with Crippen LogP contribution in [0.25, 0.3) is 0 Å². The van der Waals surface area contributed by atoms with Crippen LogP contribution < -0.4 is 5.32 Å². The lowest BCUT2D eigenvalue weighted by Crippen LogP contribution is -2.44. The fourth-order valence-corrected chi connectivity index (χ4v) is 2.03. The smallest absolute Gasteiger partial charge is 0.0717 e. The van der Waals surface area contributed by atoms with Crippen LogP contribution in [0.15, 0.2) is 24.3 Å². The van der Waals surface area contributed by atoms with Gasteiger partial charge in [0.2, 0.25) is 0 Å². The zero-order valence-electron chi connectivity index (χ0n) is 9.99. The van der Waals surface area contributed by atoms with Crippen molar-refractivity contribution in [3.63, 3.8) is 0 Å². The fraction of sp³-hybridized carbons (Fsp3) is 0.538. The second kappa shape index (κ2) is 6.97.